The Morgan fingerprint density at radius 1 is 1.20 bits per heavy atom. The van der Waals surface area contributed by atoms with Gasteiger partial charge in [-0.3, -0.25) is 4.79 Å². The summed E-state index contributed by atoms with van der Waals surface area (Å²) in [5.41, 5.74) is 2.21. The third-order valence-corrected chi connectivity index (χ3v) is 3.69. The molecule has 0 fully saturated rings. The molecule has 0 bridgehead atoms. The van der Waals surface area contributed by atoms with Crippen LogP contribution in [-0.4, -0.2) is 17.9 Å². The maximum atomic E-state index is 12.2. The second kappa shape index (κ2) is 5.41. The number of Topliss-reactive ketones (excluding diaryl/α,β-unsaturated/α-hetero) is 1. The van der Waals surface area contributed by atoms with Gasteiger partial charge in [0, 0.05) is 17.0 Å². The number of hydrogen-bond acceptors (Lipinski definition) is 3. The Balaban J connectivity index is 1.79. The molecule has 3 rings (SSSR count). The lowest BCUT2D eigenvalue weighted by atomic mass is 9.79. The van der Waals surface area contributed by atoms with E-state index in [0.717, 1.165) is 11.0 Å². The van der Waals surface area contributed by atoms with Crippen molar-refractivity contribution in [1.82, 2.24) is 0 Å². The summed E-state index contributed by atoms with van der Waals surface area (Å²) in [6.07, 6.45) is -0.195. The molecule has 0 spiro atoms. The molecule has 1 aliphatic rings. The van der Waals surface area contributed by atoms with Gasteiger partial charge < -0.3 is 9.68 Å². The van der Waals surface area contributed by atoms with Gasteiger partial charge in [-0.1, -0.05) is 35.9 Å². The van der Waals surface area contributed by atoms with Gasteiger partial charge in [-0.15, -0.1) is 0 Å². The molecule has 0 aliphatic carbocycles. The molecule has 0 aromatic heterocycles. The fourth-order valence-electron chi connectivity index (χ4n) is 2.41. The van der Waals surface area contributed by atoms with E-state index in [2.05, 4.69) is 0 Å². The molecule has 1 N–H and O–H groups in total. The molecule has 5 heteroatoms. The van der Waals surface area contributed by atoms with E-state index in [1.807, 2.05) is 24.3 Å². The van der Waals surface area contributed by atoms with Crippen LogP contribution >= 0.6 is 11.6 Å². The van der Waals surface area contributed by atoms with Crippen molar-refractivity contribution >= 4 is 30.0 Å². The summed E-state index contributed by atoms with van der Waals surface area (Å²) >= 11 is 5.80. The van der Waals surface area contributed by atoms with Crippen LogP contribution in [0.5, 0.6) is 0 Å². The fourth-order valence-corrected chi connectivity index (χ4v) is 2.54. The minimum Gasteiger partial charge on any atom is -0.423 e. The molecular weight excluding hydrogens is 274 g/mol. The third kappa shape index (κ3) is 2.50. The molecular formula is C15H12BClO3. The first kappa shape index (κ1) is 13.4. The second-order valence-electron chi connectivity index (χ2n) is 4.74. The van der Waals surface area contributed by atoms with Crippen LogP contribution < -0.4 is 5.46 Å². The quantitative estimate of drug-likeness (QED) is 0.696. The predicted octanol–water partition coefficient (Wildman–Crippen LogP) is 2.37. The summed E-state index contributed by atoms with van der Waals surface area (Å²) in [5, 5.41) is 10.4. The van der Waals surface area contributed by atoms with E-state index >= 15 is 0 Å². The second-order valence-corrected chi connectivity index (χ2v) is 5.18. The summed E-state index contributed by atoms with van der Waals surface area (Å²) in [7, 11) is -0.950. The van der Waals surface area contributed by atoms with Gasteiger partial charge in [0.15, 0.2) is 5.78 Å². The highest BCUT2D eigenvalue weighted by Crippen LogP contribution is 2.28. The van der Waals surface area contributed by atoms with Crippen molar-refractivity contribution in [3.05, 3.63) is 64.7 Å². The molecule has 1 aliphatic heterocycles. The molecule has 100 valence electrons. The summed E-state index contributed by atoms with van der Waals surface area (Å²) < 4.78 is 5.46. The van der Waals surface area contributed by atoms with Crippen LogP contribution in [0.1, 0.15) is 28.4 Å². The van der Waals surface area contributed by atoms with E-state index in [4.69, 9.17) is 16.3 Å². The molecule has 1 atom stereocenters. The van der Waals surface area contributed by atoms with Crippen molar-refractivity contribution in [1.29, 1.82) is 0 Å². The van der Waals surface area contributed by atoms with Crippen molar-refractivity contribution in [2.45, 2.75) is 12.5 Å². The van der Waals surface area contributed by atoms with Crippen molar-refractivity contribution in [2.75, 3.05) is 0 Å². The fraction of sp³-hybridized carbons (Fsp3) is 0.133. The summed E-state index contributed by atoms with van der Waals surface area (Å²) in [6, 6.07) is 14.2. The number of carbonyl (C=O) groups is 1. The Morgan fingerprint density at radius 3 is 2.65 bits per heavy atom. The average Bonchev–Trinajstić information content (AvgIpc) is 2.77. The van der Waals surface area contributed by atoms with Crippen LogP contribution in [0.2, 0.25) is 5.02 Å². The highest BCUT2D eigenvalue weighted by molar-refractivity contribution is 6.61. The first-order valence-electron chi connectivity index (χ1n) is 6.36. The highest BCUT2D eigenvalue weighted by atomic mass is 35.5. The van der Waals surface area contributed by atoms with Crippen LogP contribution in [0.4, 0.5) is 0 Å². The van der Waals surface area contributed by atoms with Crippen molar-refractivity contribution in [2.24, 2.45) is 0 Å². The molecule has 0 radical (unpaired) electrons. The van der Waals surface area contributed by atoms with Gasteiger partial charge in [0.05, 0.1) is 6.10 Å². The Hall–Kier alpha value is -1.62. The number of fused-ring (bicyclic) bond motifs is 1. The molecule has 2 aromatic rings. The Morgan fingerprint density at radius 2 is 1.90 bits per heavy atom. The lowest BCUT2D eigenvalue weighted by molar-refractivity contribution is 0.0902. The maximum absolute atomic E-state index is 12.2. The van der Waals surface area contributed by atoms with E-state index in [9.17, 15) is 9.82 Å². The Labute approximate surface area is 122 Å². The lowest BCUT2D eigenvalue weighted by Gasteiger charge is -2.11. The number of ketones is 1. The van der Waals surface area contributed by atoms with Crippen LogP contribution in [0.3, 0.4) is 0 Å². The SMILES string of the molecule is O=C(C[C@H]1OB(O)c2ccccc21)c1ccc(Cl)cc1. The van der Waals surface area contributed by atoms with Crippen LogP contribution in [-0.2, 0) is 4.65 Å². The van der Waals surface area contributed by atoms with Gasteiger partial charge in [-0.25, -0.2) is 0 Å². The largest absolute Gasteiger partial charge is 0.491 e. The van der Waals surface area contributed by atoms with Gasteiger partial charge in [0.25, 0.3) is 0 Å². The Kier molecular flexibility index (Phi) is 3.61. The van der Waals surface area contributed by atoms with E-state index < -0.39 is 13.2 Å². The zero-order valence-corrected chi connectivity index (χ0v) is 11.4. The molecule has 20 heavy (non-hydrogen) atoms. The number of benzene rings is 2. The van der Waals surface area contributed by atoms with E-state index in [0.29, 0.717) is 10.6 Å². The van der Waals surface area contributed by atoms with E-state index in [1.165, 1.54) is 0 Å². The zero-order valence-electron chi connectivity index (χ0n) is 10.6. The summed E-state index contributed by atoms with van der Waals surface area (Å²) in [5.74, 6) is -0.0319. The van der Waals surface area contributed by atoms with Crippen LogP contribution in [0.15, 0.2) is 48.5 Å². The van der Waals surface area contributed by atoms with Gasteiger partial charge >= 0.3 is 7.12 Å². The van der Waals surface area contributed by atoms with Crippen molar-refractivity contribution in [3.8, 4) is 0 Å². The first-order chi connectivity index (χ1) is 9.65. The van der Waals surface area contributed by atoms with Gasteiger partial charge in [0.1, 0.15) is 0 Å². The van der Waals surface area contributed by atoms with Crippen LogP contribution in [0, 0.1) is 0 Å². The molecule has 2 aromatic carbocycles. The smallest absolute Gasteiger partial charge is 0.423 e. The molecule has 3 nitrogen and oxygen atoms in total. The predicted molar refractivity (Wildman–Crippen MR) is 78.3 cm³/mol. The molecule has 0 saturated carbocycles. The zero-order chi connectivity index (χ0) is 14.1. The van der Waals surface area contributed by atoms with Gasteiger partial charge in [0.2, 0.25) is 0 Å². The molecule has 1 heterocycles. The highest BCUT2D eigenvalue weighted by Gasteiger charge is 2.35. The van der Waals surface area contributed by atoms with Crippen LogP contribution in [0.25, 0.3) is 0 Å². The number of carbonyl (C=O) groups excluding carboxylic acids is 1. The monoisotopic (exact) mass is 286 g/mol. The van der Waals surface area contributed by atoms with E-state index in [-0.39, 0.29) is 12.2 Å². The summed E-state index contributed by atoms with van der Waals surface area (Å²) in [6.45, 7) is 0. The number of rotatable bonds is 3. The number of hydrogen-bond donors (Lipinski definition) is 1. The third-order valence-electron chi connectivity index (χ3n) is 3.44. The normalized spacial score (nSPS) is 17.1. The minimum atomic E-state index is -0.950. The summed E-state index contributed by atoms with van der Waals surface area (Å²) in [4.78, 5) is 12.2. The number of halogens is 1. The van der Waals surface area contributed by atoms with Crippen molar-refractivity contribution < 1.29 is 14.5 Å². The first-order valence-corrected chi connectivity index (χ1v) is 6.74. The van der Waals surface area contributed by atoms with Gasteiger partial charge in [-0.2, -0.15) is 0 Å². The van der Waals surface area contributed by atoms with E-state index in [1.54, 1.807) is 24.3 Å². The standard InChI is InChI=1S/C15H12BClO3/c17-11-7-5-10(6-8-11)14(18)9-15-12-3-1-2-4-13(12)16(19)20-15/h1-8,15,19H,9H2/t15-/m1/s1. The molecule has 0 unspecified atom stereocenters. The molecule has 0 saturated heterocycles. The minimum absolute atomic E-state index is 0.0319. The van der Waals surface area contributed by atoms with Crippen molar-refractivity contribution in [3.63, 3.8) is 0 Å². The Bertz CT molecular complexity index is 642. The average molecular weight is 287 g/mol. The van der Waals surface area contributed by atoms with Gasteiger partial charge in [-0.05, 0) is 35.3 Å². The lowest BCUT2D eigenvalue weighted by Crippen LogP contribution is -2.27. The maximum Gasteiger partial charge on any atom is 0.491 e. The molecule has 0 amide bonds. The topological polar surface area (TPSA) is 46.5 Å².